The lowest BCUT2D eigenvalue weighted by atomic mass is 10.0. The number of aliphatic imine (C=N–C) groups is 1. The summed E-state index contributed by atoms with van der Waals surface area (Å²) in [4.78, 5) is 18.8. The Bertz CT molecular complexity index is 596. The molecule has 3 nitrogen and oxygen atoms in total. The third-order valence-electron chi connectivity index (χ3n) is 4.72. The summed E-state index contributed by atoms with van der Waals surface area (Å²) in [5, 5.41) is 1.10. The second-order valence-electron chi connectivity index (χ2n) is 6.03. The molecule has 1 aliphatic carbocycles. The molecule has 0 bridgehead atoms. The highest BCUT2D eigenvalue weighted by atomic mass is 32.2. The lowest BCUT2D eigenvalue weighted by molar-refractivity contribution is 0.0994. The Balaban J connectivity index is 1.82. The minimum atomic E-state index is 0.272. The number of benzene rings is 1. The number of carbonyl (C=O) groups excluding carboxylic acids is 1. The molecule has 0 aromatic heterocycles. The van der Waals surface area contributed by atoms with Crippen LogP contribution < -0.4 is 0 Å². The maximum atomic E-state index is 11.7. The van der Waals surface area contributed by atoms with Gasteiger partial charge in [0.1, 0.15) is 0 Å². The van der Waals surface area contributed by atoms with E-state index in [2.05, 4.69) is 31.9 Å². The van der Waals surface area contributed by atoms with Crippen LogP contribution in [0.25, 0.3) is 0 Å². The number of nitrogens with zero attached hydrogens (tertiary/aromatic N) is 2. The van der Waals surface area contributed by atoms with Crippen LogP contribution in [-0.4, -0.2) is 34.7 Å². The zero-order chi connectivity index (χ0) is 15.0. The second kappa shape index (κ2) is 5.84. The summed E-state index contributed by atoms with van der Waals surface area (Å²) in [5.74, 6) is 2.08. The Kier molecular flexibility index (Phi) is 4.07. The number of rotatable bonds is 3. The number of carbonyl (C=O) groups is 1. The van der Waals surface area contributed by atoms with E-state index < -0.39 is 0 Å². The van der Waals surface area contributed by atoms with E-state index in [1.54, 1.807) is 0 Å². The monoisotopic (exact) mass is 302 g/mol. The van der Waals surface area contributed by atoms with Crippen molar-refractivity contribution in [2.75, 3.05) is 12.8 Å². The molecule has 1 unspecified atom stereocenters. The number of Topliss-reactive ketones (excluding diaryl/α,β-unsaturated/α-hetero) is 1. The van der Waals surface area contributed by atoms with Gasteiger partial charge >= 0.3 is 0 Å². The molecule has 1 fully saturated rings. The first-order valence-electron chi connectivity index (χ1n) is 7.70. The molecule has 4 heteroatoms. The SMILES string of the molecule is CCC(C)[C@H]1CSC(=Nc2ccc3c(c2)CCC3=O)N1C. The zero-order valence-corrected chi connectivity index (χ0v) is 13.7. The normalized spacial score (nSPS) is 24.7. The van der Waals surface area contributed by atoms with Crippen LogP contribution in [0.15, 0.2) is 23.2 Å². The van der Waals surface area contributed by atoms with Crippen molar-refractivity contribution in [3.8, 4) is 0 Å². The van der Waals surface area contributed by atoms with Crippen molar-refractivity contribution in [3.63, 3.8) is 0 Å². The minimum absolute atomic E-state index is 0.272. The first-order chi connectivity index (χ1) is 10.1. The Morgan fingerprint density at radius 2 is 2.24 bits per heavy atom. The van der Waals surface area contributed by atoms with Crippen LogP contribution in [0.3, 0.4) is 0 Å². The molecule has 2 atom stereocenters. The van der Waals surface area contributed by atoms with Gasteiger partial charge in [0.25, 0.3) is 0 Å². The van der Waals surface area contributed by atoms with Gasteiger partial charge in [0, 0.05) is 30.8 Å². The minimum Gasteiger partial charge on any atom is -0.350 e. The standard InChI is InChI=1S/C17H22N2OS/c1-4-11(2)15-10-21-17(19(15)3)18-13-6-7-14-12(9-13)5-8-16(14)20/h6-7,9,11,15H,4-5,8,10H2,1-3H3/t11?,15-/m1/s1. The quantitative estimate of drug-likeness (QED) is 0.849. The van der Waals surface area contributed by atoms with Crippen LogP contribution in [0, 0.1) is 5.92 Å². The molecule has 0 radical (unpaired) electrons. The van der Waals surface area contributed by atoms with Gasteiger partial charge in [-0.1, -0.05) is 32.0 Å². The number of hydrogen-bond acceptors (Lipinski definition) is 3. The Hall–Kier alpha value is -1.29. The summed E-state index contributed by atoms with van der Waals surface area (Å²) >= 11 is 1.84. The molecule has 2 aliphatic rings. The van der Waals surface area contributed by atoms with Gasteiger partial charge in [0.15, 0.2) is 11.0 Å². The van der Waals surface area contributed by atoms with E-state index in [1.807, 2.05) is 23.9 Å². The van der Waals surface area contributed by atoms with Gasteiger partial charge in [-0.25, -0.2) is 4.99 Å². The second-order valence-corrected chi connectivity index (χ2v) is 7.02. The average molecular weight is 302 g/mol. The molecule has 1 aromatic carbocycles. The van der Waals surface area contributed by atoms with Crippen molar-refractivity contribution in [1.82, 2.24) is 4.90 Å². The van der Waals surface area contributed by atoms with Gasteiger partial charge in [-0.3, -0.25) is 4.79 Å². The lowest BCUT2D eigenvalue weighted by Gasteiger charge is -2.25. The maximum absolute atomic E-state index is 11.7. The molecule has 1 aliphatic heterocycles. The maximum Gasteiger partial charge on any atom is 0.164 e. The molecule has 1 saturated heterocycles. The molecule has 3 rings (SSSR count). The summed E-state index contributed by atoms with van der Waals surface area (Å²) in [6, 6.07) is 6.57. The molecule has 0 amide bonds. The van der Waals surface area contributed by atoms with Gasteiger partial charge in [-0.2, -0.15) is 0 Å². The Morgan fingerprint density at radius 1 is 1.43 bits per heavy atom. The fourth-order valence-corrected chi connectivity index (χ4v) is 4.45. The summed E-state index contributed by atoms with van der Waals surface area (Å²) < 4.78 is 0. The molecule has 0 spiro atoms. The van der Waals surface area contributed by atoms with Crippen LogP contribution in [-0.2, 0) is 6.42 Å². The van der Waals surface area contributed by atoms with Crippen LogP contribution >= 0.6 is 11.8 Å². The van der Waals surface area contributed by atoms with Crippen molar-refractivity contribution >= 4 is 28.4 Å². The van der Waals surface area contributed by atoms with Gasteiger partial charge in [0.05, 0.1) is 5.69 Å². The third-order valence-corrected chi connectivity index (χ3v) is 5.86. The van der Waals surface area contributed by atoms with Crippen molar-refractivity contribution in [1.29, 1.82) is 0 Å². The summed E-state index contributed by atoms with van der Waals surface area (Å²) in [6.45, 7) is 4.56. The number of amidine groups is 1. The largest absolute Gasteiger partial charge is 0.350 e. The number of aryl methyl sites for hydroxylation is 1. The highest BCUT2D eigenvalue weighted by molar-refractivity contribution is 8.14. The molecular weight excluding hydrogens is 280 g/mol. The van der Waals surface area contributed by atoms with Crippen LogP contribution in [0.1, 0.15) is 42.6 Å². The smallest absolute Gasteiger partial charge is 0.164 e. The molecule has 21 heavy (non-hydrogen) atoms. The fraction of sp³-hybridized carbons (Fsp3) is 0.529. The lowest BCUT2D eigenvalue weighted by Crippen LogP contribution is -2.34. The zero-order valence-electron chi connectivity index (χ0n) is 12.9. The third kappa shape index (κ3) is 2.73. The molecule has 1 heterocycles. The predicted octanol–water partition coefficient (Wildman–Crippen LogP) is 3.90. The van der Waals surface area contributed by atoms with Gasteiger partial charge in [0.2, 0.25) is 0 Å². The van der Waals surface area contributed by atoms with Gasteiger partial charge < -0.3 is 4.90 Å². The highest BCUT2D eigenvalue weighted by Gasteiger charge is 2.30. The summed E-state index contributed by atoms with van der Waals surface area (Å²) in [5.41, 5.74) is 3.03. The van der Waals surface area contributed by atoms with E-state index in [-0.39, 0.29) is 5.78 Å². The van der Waals surface area contributed by atoms with E-state index in [0.29, 0.717) is 18.4 Å². The summed E-state index contributed by atoms with van der Waals surface area (Å²) in [7, 11) is 2.15. The van der Waals surface area contributed by atoms with Crippen LogP contribution in [0.4, 0.5) is 5.69 Å². The van der Waals surface area contributed by atoms with E-state index in [4.69, 9.17) is 4.99 Å². The molecule has 0 N–H and O–H groups in total. The number of ketones is 1. The average Bonchev–Trinajstić information content (AvgIpc) is 3.03. The molecular formula is C17H22N2OS. The highest BCUT2D eigenvalue weighted by Crippen LogP contribution is 2.32. The van der Waals surface area contributed by atoms with E-state index >= 15 is 0 Å². The van der Waals surface area contributed by atoms with Crippen molar-refractivity contribution < 1.29 is 4.79 Å². The van der Waals surface area contributed by atoms with Crippen LogP contribution in [0.2, 0.25) is 0 Å². The number of hydrogen-bond donors (Lipinski definition) is 0. The summed E-state index contributed by atoms with van der Waals surface area (Å²) in [6.07, 6.45) is 2.72. The Labute approximate surface area is 130 Å². The van der Waals surface area contributed by atoms with E-state index in [9.17, 15) is 4.79 Å². The Morgan fingerprint density at radius 3 is 3.00 bits per heavy atom. The van der Waals surface area contributed by atoms with Crippen LogP contribution in [0.5, 0.6) is 0 Å². The van der Waals surface area contributed by atoms with E-state index in [0.717, 1.165) is 34.2 Å². The molecule has 112 valence electrons. The van der Waals surface area contributed by atoms with Crippen molar-refractivity contribution in [3.05, 3.63) is 29.3 Å². The first kappa shape index (κ1) is 14.6. The molecule has 1 aromatic rings. The van der Waals surface area contributed by atoms with Gasteiger partial charge in [-0.05, 0) is 36.1 Å². The van der Waals surface area contributed by atoms with Crippen molar-refractivity contribution in [2.45, 2.75) is 39.2 Å². The number of fused-ring (bicyclic) bond motifs is 1. The number of thioether (sulfide) groups is 1. The topological polar surface area (TPSA) is 32.7 Å². The molecule has 0 saturated carbocycles. The van der Waals surface area contributed by atoms with Gasteiger partial charge in [-0.15, -0.1) is 0 Å². The fourth-order valence-electron chi connectivity index (χ4n) is 3.07. The predicted molar refractivity (Wildman–Crippen MR) is 89.7 cm³/mol. The van der Waals surface area contributed by atoms with Crippen molar-refractivity contribution in [2.24, 2.45) is 10.9 Å². The van der Waals surface area contributed by atoms with E-state index in [1.165, 1.54) is 6.42 Å². The first-order valence-corrected chi connectivity index (χ1v) is 8.69.